The second-order valence-electron chi connectivity index (χ2n) is 5.46. The number of aliphatic hydroxyl groups excluding tert-OH is 1. The van der Waals surface area contributed by atoms with Crippen LogP contribution in [0.2, 0.25) is 0 Å². The van der Waals surface area contributed by atoms with Gasteiger partial charge in [0.25, 0.3) is 0 Å². The van der Waals surface area contributed by atoms with Crippen LogP contribution in [0.4, 0.5) is 13.2 Å². The van der Waals surface area contributed by atoms with E-state index in [1.165, 1.54) is 24.3 Å². The van der Waals surface area contributed by atoms with E-state index < -0.39 is 6.36 Å². The maximum atomic E-state index is 12.1. The molecule has 6 heteroatoms. The monoisotopic (exact) mass is 338 g/mol. The zero-order valence-electron chi connectivity index (χ0n) is 13.1. The van der Waals surface area contributed by atoms with Crippen molar-refractivity contribution >= 4 is 0 Å². The van der Waals surface area contributed by atoms with Crippen LogP contribution in [0.1, 0.15) is 18.9 Å². The van der Waals surface area contributed by atoms with Gasteiger partial charge in [0, 0.05) is 5.56 Å². The van der Waals surface area contributed by atoms with E-state index in [2.05, 4.69) is 16.6 Å². The Labute approximate surface area is 138 Å². The molecule has 0 aromatic heterocycles. The van der Waals surface area contributed by atoms with Crippen LogP contribution in [0, 0.1) is 17.3 Å². The van der Waals surface area contributed by atoms with E-state index in [-0.39, 0.29) is 24.4 Å². The lowest BCUT2D eigenvalue weighted by atomic mass is 9.84. The molecular weight excluding hydrogens is 321 g/mol. The maximum Gasteiger partial charge on any atom is 0.573 e. The lowest BCUT2D eigenvalue weighted by molar-refractivity contribution is -0.274. The summed E-state index contributed by atoms with van der Waals surface area (Å²) in [7, 11) is 0. The predicted molar refractivity (Wildman–Crippen MR) is 83.0 cm³/mol. The van der Waals surface area contributed by atoms with Crippen molar-refractivity contribution < 1.29 is 27.8 Å². The van der Waals surface area contributed by atoms with E-state index in [1.807, 2.05) is 19.1 Å². The van der Waals surface area contributed by atoms with E-state index in [0.717, 1.165) is 0 Å². The van der Waals surface area contributed by atoms with Crippen LogP contribution in [0.5, 0.6) is 5.75 Å². The van der Waals surface area contributed by atoms with Crippen molar-refractivity contribution in [1.82, 2.24) is 0 Å². The molecule has 1 aromatic carbocycles. The Morgan fingerprint density at radius 3 is 2.50 bits per heavy atom. The molecule has 1 aliphatic rings. The summed E-state index contributed by atoms with van der Waals surface area (Å²) in [4.78, 5) is 0. The van der Waals surface area contributed by atoms with E-state index in [0.29, 0.717) is 17.7 Å². The smallest absolute Gasteiger partial charge is 0.492 e. The molecule has 1 N–H and O–H groups in total. The molecule has 0 saturated heterocycles. The van der Waals surface area contributed by atoms with Crippen LogP contribution in [0.3, 0.4) is 0 Å². The largest absolute Gasteiger partial charge is 0.573 e. The van der Waals surface area contributed by atoms with Gasteiger partial charge in [0.2, 0.25) is 0 Å². The number of benzene rings is 1. The molecule has 128 valence electrons. The highest BCUT2D eigenvalue weighted by Gasteiger charge is 2.30. The number of alkyl halides is 3. The maximum absolute atomic E-state index is 12.1. The average molecular weight is 338 g/mol. The van der Waals surface area contributed by atoms with Gasteiger partial charge in [-0.25, -0.2) is 0 Å². The second-order valence-corrected chi connectivity index (χ2v) is 5.46. The van der Waals surface area contributed by atoms with E-state index in [4.69, 9.17) is 9.84 Å². The van der Waals surface area contributed by atoms with Crippen LogP contribution in [0.15, 0.2) is 48.3 Å². The molecule has 1 atom stereocenters. The summed E-state index contributed by atoms with van der Waals surface area (Å²) in [6.07, 6.45) is 1.55. The Morgan fingerprint density at radius 1 is 1.25 bits per heavy atom. The van der Waals surface area contributed by atoms with E-state index >= 15 is 0 Å². The fraction of sp³-hybridized carbons (Fsp3) is 0.333. The molecule has 0 spiro atoms. The van der Waals surface area contributed by atoms with Crippen molar-refractivity contribution in [3.05, 3.63) is 53.8 Å². The molecule has 1 unspecified atom stereocenters. The van der Waals surface area contributed by atoms with Gasteiger partial charge in [-0.3, -0.25) is 0 Å². The van der Waals surface area contributed by atoms with Crippen LogP contribution in [-0.2, 0) is 4.74 Å². The van der Waals surface area contributed by atoms with Crippen molar-refractivity contribution in [2.45, 2.75) is 19.7 Å². The van der Waals surface area contributed by atoms with Crippen molar-refractivity contribution in [1.29, 1.82) is 0 Å². The molecular formula is C18H17F3O3. The van der Waals surface area contributed by atoms with Gasteiger partial charge in [-0.05, 0) is 49.8 Å². The van der Waals surface area contributed by atoms with Crippen LogP contribution < -0.4 is 4.74 Å². The van der Waals surface area contributed by atoms with Gasteiger partial charge in [-0.15, -0.1) is 13.2 Å². The molecule has 0 radical (unpaired) electrons. The summed E-state index contributed by atoms with van der Waals surface area (Å²) in [5.74, 6) is 6.48. The molecule has 1 aromatic rings. The van der Waals surface area contributed by atoms with Crippen molar-refractivity contribution in [3.63, 3.8) is 0 Å². The van der Waals surface area contributed by atoms with Gasteiger partial charge in [-0.1, -0.05) is 17.9 Å². The lowest BCUT2D eigenvalue weighted by Crippen LogP contribution is -2.17. The van der Waals surface area contributed by atoms with Gasteiger partial charge in [0.15, 0.2) is 0 Å². The highest BCUT2D eigenvalue weighted by Crippen LogP contribution is 2.29. The minimum Gasteiger partial charge on any atom is -0.492 e. The van der Waals surface area contributed by atoms with Crippen molar-refractivity contribution in [3.8, 4) is 17.6 Å². The number of halogens is 3. The first kappa shape index (κ1) is 18.0. The summed E-state index contributed by atoms with van der Waals surface area (Å²) in [6.45, 7) is 2.15. The number of hydrogen-bond acceptors (Lipinski definition) is 3. The second kappa shape index (κ2) is 7.45. The third-order valence-electron chi connectivity index (χ3n) is 3.28. The van der Waals surface area contributed by atoms with Gasteiger partial charge in [0.05, 0.1) is 12.0 Å². The van der Waals surface area contributed by atoms with Crippen LogP contribution >= 0.6 is 0 Å². The summed E-state index contributed by atoms with van der Waals surface area (Å²) in [5, 5.41) is 8.72. The summed E-state index contributed by atoms with van der Waals surface area (Å²) >= 11 is 0. The summed E-state index contributed by atoms with van der Waals surface area (Å²) in [5.41, 5.74) is 0.221. The number of rotatable bonds is 4. The number of allylic oxidation sites excluding steroid dienone is 3. The number of hydrogen-bond donors (Lipinski definition) is 1. The molecule has 24 heavy (non-hydrogen) atoms. The SMILES string of the molecule is CC1(C#Cc2ccc(OC(F)(F)F)cc2)C=CC(OCCO)=CC1. The van der Waals surface area contributed by atoms with Gasteiger partial charge in [-0.2, -0.15) is 0 Å². The topological polar surface area (TPSA) is 38.7 Å². The number of ether oxygens (including phenoxy) is 2. The first-order valence-corrected chi connectivity index (χ1v) is 7.32. The molecule has 0 aliphatic heterocycles. The molecule has 3 nitrogen and oxygen atoms in total. The van der Waals surface area contributed by atoms with Crippen molar-refractivity contribution in [2.75, 3.05) is 13.2 Å². The average Bonchev–Trinajstić information content (AvgIpc) is 2.52. The zero-order valence-corrected chi connectivity index (χ0v) is 13.1. The predicted octanol–water partition coefficient (Wildman–Crippen LogP) is 3.80. The zero-order chi connectivity index (χ0) is 17.6. The lowest BCUT2D eigenvalue weighted by Gasteiger charge is -2.21. The Hall–Kier alpha value is -2.39. The highest BCUT2D eigenvalue weighted by atomic mass is 19.4. The first-order chi connectivity index (χ1) is 11.3. The Kier molecular flexibility index (Phi) is 5.58. The standard InChI is InChI=1S/C18H17F3O3/c1-17(10-7-15(8-11-17)23-13-12-22)9-6-14-2-4-16(5-3-14)24-18(19,20)21/h2-5,7-8,10,22H,11-13H2,1H3. The molecule has 0 saturated carbocycles. The Bertz CT molecular complexity index is 678. The third kappa shape index (κ3) is 5.67. The van der Waals surface area contributed by atoms with E-state index in [1.54, 1.807) is 6.08 Å². The van der Waals surface area contributed by atoms with Gasteiger partial charge in [0.1, 0.15) is 18.1 Å². The molecule has 0 bridgehead atoms. The van der Waals surface area contributed by atoms with Gasteiger partial charge < -0.3 is 14.6 Å². The van der Waals surface area contributed by atoms with Crippen molar-refractivity contribution in [2.24, 2.45) is 5.41 Å². The molecule has 0 amide bonds. The minimum atomic E-state index is -4.70. The van der Waals surface area contributed by atoms with Crippen LogP contribution in [-0.4, -0.2) is 24.7 Å². The first-order valence-electron chi connectivity index (χ1n) is 7.32. The molecule has 0 heterocycles. The summed E-state index contributed by atoms with van der Waals surface area (Å²) in [6, 6.07) is 5.43. The Morgan fingerprint density at radius 2 is 1.96 bits per heavy atom. The normalized spacial score (nSPS) is 20.0. The molecule has 1 aliphatic carbocycles. The van der Waals surface area contributed by atoms with Crippen LogP contribution in [0.25, 0.3) is 0 Å². The molecule has 2 rings (SSSR count). The molecule has 0 fully saturated rings. The quantitative estimate of drug-likeness (QED) is 0.849. The fourth-order valence-corrected chi connectivity index (χ4v) is 2.03. The van der Waals surface area contributed by atoms with E-state index in [9.17, 15) is 13.2 Å². The fourth-order valence-electron chi connectivity index (χ4n) is 2.03. The minimum absolute atomic E-state index is 0.0453. The van der Waals surface area contributed by atoms with Gasteiger partial charge >= 0.3 is 6.36 Å². The number of aliphatic hydroxyl groups is 1. The third-order valence-corrected chi connectivity index (χ3v) is 3.28. The summed E-state index contributed by atoms with van der Waals surface area (Å²) < 4.78 is 45.4. The Balaban J connectivity index is 2.00. The highest BCUT2D eigenvalue weighted by molar-refractivity contribution is 5.41.